The molecule has 0 aromatic carbocycles. The summed E-state index contributed by atoms with van der Waals surface area (Å²) in [6, 6.07) is 1.88. The molecule has 0 unspecified atom stereocenters. The summed E-state index contributed by atoms with van der Waals surface area (Å²) in [7, 11) is 0. The van der Waals surface area contributed by atoms with E-state index in [-0.39, 0.29) is 11.6 Å². The zero-order chi connectivity index (χ0) is 16.1. The number of hydrogen-bond donors (Lipinski definition) is 1. The molecule has 1 saturated heterocycles. The van der Waals surface area contributed by atoms with Crippen molar-refractivity contribution in [3.63, 3.8) is 0 Å². The van der Waals surface area contributed by atoms with E-state index in [0.717, 1.165) is 12.1 Å². The molecule has 2 N–H and O–H groups in total. The maximum absolute atomic E-state index is 12.9. The highest BCUT2D eigenvalue weighted by atomic mass is 19.4. The lowest BCUT2D eigenvalue weighted by Crippen LogP contribution is -2.57. The van der Waals surface area contributed by atoms with Crippen LogP contribution in [-0.4, -0.2) is 29.3 Å². The summed E-state index contributed by atoms with van der Waals surface area (Å²) in [5, 5.41) is 0. The monoisotopic (exact) mass is 303 g/mol. The van der Waals surface area contributed by atoms with Crippen LogP contribution in [0.15, 0.2) is 12.1 Å². The van der Waals surface area contributed by atoms with Crippen molar-refractivity contribution in [3.8, 4) is 0 Å². The zero-order valence-electron chi connectivity index (χ0n) is 12.6. The number of nitrogens with zero attached hydrogens (tertiary/aromatic N) is 2. The predicted molar refractivity (Wildman–Crippen MR) is 75.1 cm³/mol. The molecule has 1 aliphatic heterocycles. The fourth-order valence-electron chi connectivity index (χ4n) is 2.81. The molecule has 21 heavy (non-hydrogen) atoms. The molecule has 0 amide bonds. The van der Waals surface area contributed by atoms with Crippen LogP contribution in [0.2, 0.25) is 0 Å². The molecule has 4 nitrogen and oxygen atoms in total. The van der Waals surface area contributed by atoms with Crippen LogP contribution in [0.5, 0.6) is 0 Å². The van der Waals surface area contributed by atoms with Crippen molar-refractivity contribution in [1.82, 2.24) is 4.98 Å². The molecule has 0 radical (unpaired) electrons. The number of aromatic nitrogens is 1. The molecular weight excluding hydrogens is 283 g/mol. The molecule has 0 saturated carbocycles. The van der Waals surface area contributed by atoms with Gasteiger partial charge in [0.15, 0.2) is 0 Å². The SMILES string of the molecule is CC1(C)CN(c2cc(C(F)(F)F)cc(N)n2)CC(C)(C)O1. The van der Waals surface area contributed by atoms with Crippen LogP contribution in [-0.2, 0) is 10.9 Å². The Kier molecular flexibility index (Phi) is 3.60. The third-order valence-corrected chi connectivity index (χ3v) is 3.18. The molecule has 1 aromatic heterocycles. The Hall–Kier alpha value is -1.50. The zero-order valence-corrected chi connectivity index (χ0v) is 12.6. The second-order valence-electron chi connectivity index (χ2n) is 6.61. The topological polar surface area (TPSA) is 51.4 Å². The summed E-state index contributed by atoms with van der Waals surface area (Å²) in [4.78, 5) is 5.84. The molecule has 0 atom stereocenters. The summed E-state index contributed by atoms with van der Waals surface area (Å²) >= 11 is 0. The van der Waals surface area contributed by atoms with Gasteiger partial charge >= 0.3 is 6.18 Å². The van der Waals surface area contributed by atoms with E-state index in [1.807, 2.05) is 27.7 Å². The van der Waals surface area contributed by atoms with Gasteiger partial charge in [-0.1, -0.05) is 0 Å². The Morgan fingerprint density at radius 1 is 1.14 bits per heavy atom. The molecule has 2 heterocycles. The molecule has 1 aromatic rings. The highest BCUT2D eigenvalue weighted by Crippen LogP contribution is 2.35. The highest BCUT2D eigenvalue weighted by molar-refractivity contribution is 5.50. The van der Waals surface area contributed by atoms with Crippen LogP contribution >= 0.6 is 0 Å². The average Bonchev–Trinajstić information content (AvgIpc) is 2.22. The molecule has 2 rings (SSSR count). The number of alkyl halides is 3. The van der Waals surface area contributed by atoms with Gasteiger partial charge in [-0.25, -0.2) is 4.98 Å². The van der Waals surface area contributed by atoms with Crippen molar-refractivity contribution in [1.29, 1.82) is 0 Å². The van der Waals surface area contributed by atoms with Gasteiger partial charge in [0, 0.05) is 13.1 Å². The smallest absolute Gasteiger partial charge is 0.384 e. The molecular formula is C14H20F3N3O. The van der Waals surface area contributed by atoms with E-state index in [9.17, 15) is 13.2 Å². The Morgan fingerprint density at radius 2 is 1.67 bits per heavy atom. The number of hydrogen-bond acceptors (Lipinski definition) is 4. The summed E-state index contributed by atoms with van der Waals surface area (Å²) < 4.78 is 44.6. The molecule has 1 fully saturated rings. The quantitative estimate of drug-likeness (QED) is 0.866. The first-order valence-corrected chi connectivity index (χ1v) is 6.68. The summed E-state index contributed by atoms with van der Waals surface area (Å²) in [6.45, 7) is 8.50. The van der Waals surface area contributed by atoms with Gasteiger partial charge < -0.3 is 15.4 Å². The van der Waals surface area contributed by atoms with Crippen molar-refractivity contribution in [2.45, 2.75) is 45.1 Å². The molecule has 1 aliphatic rings. The standard InChI is InChI=1S/C14H20F3N3O/c1-12(2)7-20(8-13(3,4)21-12)11-6-9(14(15,16)17)5-10(18)19-11/h5-6H,7-8H2,1-4H3,(H2,18,19). The lowest BCUT2D eigenvalue weighted by atomic mass is 9.99. The number of pyridine rings is 1. The summed E-state index contributed by atoms with van der Waals surface area (Å²) in [5.74, 6) is 0.0914. The van der Waals surface area contributed by atoms with E-state index in [1.165, 1.54) is 0 Å². The fourth-order valence-corrected chi connectivity index (χ4v) is 2.81. The van der Waals surface area contributed by atoms with Gasteiger partial charge in [-0.15, -0.1) is 0 Å². The second kappa shape index (κ2) is 4.76. The van der Waals surface area contributed by atoms with Crippen LogP contribution < -0.4 is 10.6 Å². The number of rotatable bonds is 1. The lowest BCUT2D eigenvalue weighted by molar-refractivity contribution is -0.137. The fraction of sp³-hybridized carbons (Fsp3) is 0.643. The largest absolute Gasteiger partial charge is 0.416 e. The third-order valence-electron chi connectivity index (χ3n) is 3.18. The van der Waals surface area contributed by atoms with E-state index < -0.39 is 22.9 Å². The number of anilines is 2. The molecule has 0 spiro atoms. The van der Waals surface area contributed by atoms with Gasteiger partial charge in [0.05, 0.1) is 16.8 Å². The molecule has 0 bridgehead atoms. The minimum Gasteiger partial charge on any atom is -0.384 e. The van der Waals surface area contributed by atoms with Gasteiger partial charge in [0.2, 0.25) is 0 Å². The minimum absolute atomic E-state index is 0.137. The van der Waals surface area contributed by atoms with E-state index in [4.69, 9.17) is 10.5 Å². The number of nitrogen functional groups attached to an aromatic ring is 1. The van der Waals surface area contributed by atoms with Crippen LogP contribution in [0.25, 0.3) is 0 Å². The van der Waals surface area contributed by atoms with E-state index in [1.54, 1.807) is 4.90 Å². The van der Waals surface area contributed by atoms with Crippen molar-refractivity contribution in [3.05, 3.63) is 17.7 Å². The first-order valence-electron chi connectivity index (χ1n) is 6.68. The van der Waals surface area contributed by atoms with E-state index in [2.05, 4.69) is 4.98 Å². The van der Waals surface area contributed by atoms with Gasteiger partial charge in [0.25, 0.3) is 0 Å². The number of morpholine rings is 1. The van der Waals surface area contributed by atoms with Gasteiger partial charge in [0.1, 0.15) is 11.6 Å². The van der Waals surface area contributed by atoms with Gasteiger partial charge in [-0.05, 0) is 39.8 Å². The first kappa shape index (κ1) is 15.9. The maximum Gasteiger partial charge on any atom is 0.416 e. The molecule has 0 aliphatic carbocycles. The van der Waals surface area contributed by atoms with Crippen molar-refractivity contribution in [2.24, 2.45) is 0 Å². The summed E-state index contributed by atoms with van der Waals surface area (Å²) in [6.07, 6.45) is -4.44. The Bertz CT molecular complexity index is 525. The van der Waals surface area contributed by atoms with Gasteiger partial charge in [-0.2, -0.15) is 13.2 Å². The second-order valence-corrected chi connectivity index (χ2v) is 6.61. The van der Waals surface area contributed by atoms with Crippen LogP contribution in [0.3, 0.4) is 0 Å². The normalized spacial score (nSPS) is 21.4. The van der Waals surface area contributed by atoms with Crippen molar-refractivity contribution >= 4 is 11.6 Å². The number of ether oxygens (including phenoxy) is 1. The molecule has 118 valence electrons. The average molecular weight is 303 g/mol. The van der Waals surface area contributed by atoms with E-state index >= 15 is 0 Å². The number of halogens is 3. The maximum atomic E-state index is 12.9. The lowest BCUT2D eigenvalue weighted by Gasteiger charge is -2.47. The Morgan fingerprint density at radius 3 is 2.14 bits per heavy atom. The predicted octanol–water partition coefficient (Wildman–Crippen LogP) is 3.08. The van der Waals surface area contributed by atoms with E-state index in [0.29, 0.717) is 13.1 Å². The highest BCUT2D eigenvalue weighted by Gasteiger charge is 2.39. The van der Waals surface area contributed by atoms with Crippen LogP contribution in [0.1, 0.15) is 33.3 Å². The van der Waals surface area contributed by atoms with Crippen LogP contribution in [0.4, 0.5) is 24.8 Å². The van der Waals surface area contributed by atoms with Crippen molar-refractivity contribution < 1.29 is 17.9 Å². The summed E-state index contributed by atoms with van der Waals surface area (Å²) in [5.41, 5.74) is 3.78. The van der Waals surface area contributed by atoms with Crippen molar-refractivity contribution in [2.75, 3.05) is 23.7 Å². The number of nitrogens with two attached hydrogens (primary N) is 1. The Labute approximate surface area is 122 Å². The third kappa shape index (κ3) is 3.78. The van der Waals surface area contributed by atoms with Crippen LogP contribution in [0, 0.1) is 0 Å². The van der Waals surface area contributed by atoms with Gasteiger partial charge in [-0.3, -0.25) is 0 Å². The minimum atomic E-state index is -4.44. The first-order chi connectivity index (χ1) is 9.38. The molecule has 7 heteroatoms. The Balaban J connectivity index is 2.39.